The lowest BCUT2D eigenvalue weighted by Gasteiger charge is -2.37. The molecule has 8 heteroatoms. The number of piperazine rings is 1. The monoisotopic (exact) mass is 381 g/mol. The van der Waals surface area contributed by atoms with Crippen molar-refractivity contribution in [3.8, 4) is 10.6 Å². The van der Waals surface area contributed by atoms with Crippen molar-refractivity contribution in [2.24, 2.45) is 0 Å². The molecule has 1 saturated heterocycles. The van der Waals surface area contributed by atoms with E-state index in [1.54, 1.807) is 16.4 Å². The molecule has 6 nitrogen and oxygen atoms in total. The van der Waals surface area contributed by atoms with Crippen molar-refractivity contribution in [3.63, 3.8) is 0 Å². The lowest BCUT2D eigenvalue weighted by Crippen LogP contribution is -2.51. The van der Waals surface area contributed by atoms with E-state index in [0.717, 1.165) is 23.7 Å². The summed E-state index contributed by atoms with van der Waals surface area (Å²) in [5.41, 5.74) is 0.788. The number of aryl methyl sites for hydroxylation is 1. The van der Waals surface area contributed by atoms with Crippen LogP contribution in [0.3, 0.4) is 0 Å². The van der Waals surface area contributed by atoms with Crippen LogP contribution in [0.4, 0.5) is 0 Å². The molecule has 0 spiro atoms. The fraction of sp³-hybridized carbons (Fsp3) is 0.588. The second-order valence-electron chi connectivity index (χ2n) is 6.83. The van der Waals surface area contributed by atoms with Crippen LogP contribution in [0.2, 0.25) is 0 Å². The highest BCUT2D eigenvalue weighted by Gasteiger charge is 2.32. The first-order valence-electron chi connectivity index (χ1n) is 8.82. The molecule has 2 fully saturated rings. The van der Waals surface area contributed by atoms with Crippen LogP contribution in [0.1, 0.15) is 31.4 Å². The number of aromatic nitrogens is 1. The third-order valence-electron chi connectivity index (χ3n) is 5.16. The van der Waals surface area contributed by atoms with Crippen LogP contribution < -0.4 is 0 Å². The summed E-state index contributed by atoms with van der Waals surface area (Å²) in [5, 5.41) is 3.87. The standard InChI is InChI=1S/C17H23N3O3S2/c1-13-12-15(23-18-13)16-6-7-17(24-16)25(21,22)20-10-8-19(9-11-20)14-4-2-3-5-14/h6-7,12,14H,2-5,8-11H2,1H3. The Morgan fingerprint density at radius 1 is 1.16 bits per heavy atom. The molecule has 0 bridgehead atoms. The van der Waals surface area contributed by atoms with Gasteiger partial charge in [0.1, 0.15) is 4.21 Å². The predicted octanol–water partition coefficient (Wildman–Crippen LogP) is 2.96. The quantitative estimate of drug-likeness (QED) is 0.815. The highest BCUT2D eigenvalue weighted by atomic mass is 32.2. The molecule has 0 unspecified atom stereocenters. The minimum Gasteiger partial charge on any atom is -0.355 e. The van der Waals surface area contributed by atoms with E-state index in [-0.39, 0.29) is 0 Å². The molecule has 0 amide bonds. The molecule has 4 rings (SSSR count). The topological polar surface area (TPSA) is 66.7 Å². The van der Waals surface area contributed by atoms with E-state index in [0.29, 0.717) is 29.1 Å². The molecular formula is C17H23N3O3S2. The molecule has 1 aliphatic heterocycles. The normalized spacial score (nSPS) is 21.2. The second kappa shape index (κ2) is 6.83. The Labute approximate surface area is 152 Å². The van der Waals surface area contributed by atoms with Crippen LogP contribution in [0, 0.1) is 6.92 Å². The van der Waals surface area contributed by atoms with Crippen LogP contribution in [0.25, 0.3) is 10.6 Å². The Morgan fingerprint density at radius 3 is 2.52 bits per heavy atom. The molecular weight excluding hydrogens is 358 g/mol. The maximum absolute atomic E-state index is 12.9. The summed E-state index contributed by atoms with van der Waals surface area (Å²) in [4.78, 5) is 3.26. The van der Waals surface area contributed by atoms with Gasteiger partial charge >= 0.3 is 0 Å². The van der Waals surface area contributed by atoms with E-state index in [1.807, 2.05) is 13.0 Å². The van der Waals surface area contributed by atoms with Crippen molar-refractivity contribution in [3.05, 3.63) is 23.9 Å². The Hall–Kier alpha value is -1.22. The SMILES string of the molecule is Cc1cc(-c2ccc(S(=O)(=O)N3CCN(C4CCCC4)CC3)s2)on1. The minimum absolute atomic E-state index is 0.380. The van der Waals surface area contributed by atoms with Crippen LogP contribution in [0.15, 0.2) is 26.9 Å². The van der Waals surface area contributed by atoms with Crippen molar-refractivity contribution < 1.29 is 12.9 Å². The van der Waals surface area contributed by atoms with E-state index in [4.69, 9.17) is 4.52 Å². The van der Waals surface area contributed by atoms with Gasteiger partial charge in [-0.3, -0.25) is 4.90 Å². The number of nitrogens with zero attached hydrogens (tertiary/aromatic N) is 3. The van der Waals surface area contributed by atoms with E-state index < -0.39 is 10.0 Å². The lowest BCUT2D eigenvalue weighted by molar-refractivity contribution is 0.139. The van der Waals surface area contributed by atoms with Gasteiger partial charge in [-0.15, -0.1) is 11.3 Å². The van der Waals surface area contributed by atoms with Crippen LogP contribution in [0.5, 0.6) is 0 Å². The van der Waals surface area contributed by atoms with Crippen molar-refractivity contribution in [2.75, 3.05) is 26.2 Å². The number of rotatable bonds is 4. The minimum atomic E-state index is -3.43. The van der Waals surface area contributed by atoms with Gasteiger partial charge in [0.05, 0.1) is 10.6 Å². The smallest absolute Gasteiger partial charge is 0.252 e. The summed E-state index contributed by atoms with van der Waals surface area (Å²) in [6.45, 7) is 4.68. The average Bonchev–Trinajstić information content (AvgIpc) is 3.36. The number of hydrogen-bond donors (Lipinski definition) is 0. The third-order valence-corrected chi connectivity index (χ3v) is 8.63. The molecule has 2 aliphatic rings. The summed E-state index contributed by atoms with van der Waals surface area (Å²) in [7, 11) is -3.43. The van der Waals surface area contributed by atoms with E-state index in [2.05, 4.69) is 10.1 Å². The van der Waals surface area contributed by atoms with Gasteiger partial charge in [-0.25, -0.2) is 8.42 Å². The molecule has 1 aliphatic carbocycles. The molecule has 0 aromatic carbocycles. The van der Waals surface area contributed by atoms with Crippen molar-refractivity contribution in [1.82, 2.24) is 14.4 Å². The molecule has 136 valence electrons. The molecule has 1 saturated carbocycles. The zero-order valence-electron chi connectivity index (χ0n) is 14.3. The molecule has 2 aromatic rings. The Morgan fingerprint density at radius 2 is 1.88 bits per heavy atom. The number of sulfonamides is 1. The Kier molecular flexibility index (Phi) is 4.70. The predicted molar refractivity (Wildman–Crippen MR) is 97.1 cm³/mol. The maximum Gasteiger partial charge on any atom is 0.252 e. The Bertz CT molecular complexity index is 829. The molecule has 0 radical (unpaired) electrons. The van der Waals surface area contributed by atoms with Gasteiger partial charge in [-0.1, -0.05) is 18.0 Å². The second-order valence-corrected chi connectivity index (χ2v) is 10.1. The summed E-state index contributed by atoms with van der Waals surface area (Å²) in [6.07, 6.45) is 5.14. The summed E-state index contributed by atoms with van der Waals surface area (Å²) >= 11 is 1.25. The maximum atomic E-state index is 12.9. The van der Waals surface area contributed by atoms with Crippen LogP contribution in [-0.4, -0.2) is 55.0 Å². The molecule has 0 atom stereocenters. The van der Waals surface area contributed by atoms with Gasteiger partial charge in [0.15, 0.2) is 5.76 Å². The highest BCUT2D eigenvalue weighted by molar-refractivity contribution is 7.91. The number of hydrogen-bond acceptors (Lipinski definition) is 6. The van der Waals surface area contributed by atoms with E-state index in [9.17, 15) is 8.42 Å². The van der Waals surface area contributed by atoms with Gasteiger partial charge in [-0.2, -0.15) is 4.31 Å². The average molecular weight is 382 g/mol. The highest BCUT2D eigenvalue weighted by Crippen LogP contribution is 2.33. The molecule has 0 N–H and O–H groups in total. The number of thiophene rings is 1. The first-order valence-corrected chi connectivity index (χ1v) is 11.1. The summed E-state index contributed by atoms with van der Waals surface area (Å²) < 4.78 is 33.1. The summed E-state index contributed by atoms with van der Waals surface area (Å²) in [6, 6.07) is 5.96. The fourth-order valence-electron chi connectivity index (χ4n) is 3.78. The van der Waals surface area contributed by atoms with Gasteiger partial charge in [-0.05, 0) is 31.9 Å². The Balaban J connectivity index is 1.46. The van der Waals surface area contributed by atoms with Crippen LogP contribution >= 0.6 is 11.3 Å². The van der Waals surface area contributed by atoms with Gasteiger partial charge < -0.3 is 4.52 Å². The molecule has 2 aromatic heterocycles. The van der Waals surface area contributed by atoms with Gasteiger partial charge in [0.2, 0.25) is 0 Å². The van der Waals surface area contributed by atoms with E-state index >= 15 is 0 Å². The zero-order chi connectivity index (χ0) is 17.4. The molecule has 3 heterocycles. The third kappa shape index (κ3) is 3.40. The first-order chi connectivity index (χ1) is 12.0. The zero-order valence-corrected chi connectivity index (χ0v) is 16.0. The van der Waals surface area contributed by atoms with Crippen molar-refractivity contribution in [2.45, 2.75) is 42.9 Å². The summed E-state index contributed by atoms with van der Waals surface area (Å²) in [5.74, 6) is 0.620. The molecule has 25 heavy (non-hydrogen) atoms. The van der Waals surface area contributed by atoms with Crippen LogP contribution in [-0.2, 0) is 10.0 Å². The van der Waals surface area contributed by atoms with E-state index in [1.165, 1.54) is 37.0 Å². The van der Waals surface area contributed by atoms with Gasteiger partial charge in [0.25, 0.3) is 10.0 Å². The first kappa shape index (κ1) is 17.2. The lowest BCUT2D eigenvalue weighted by atomic mass is 10.2. The van der Waals surface area contributed by atoms with Crippen molar-refractivity contribution >= 4 is 21.4 Å². The van der Waals surface area contributed by atoms with Crippen molar-refractivity contribution in [1.29, 1.82) is 0 Å². The fourth-order valence-corrected chi connectivity index (χ4v) is 6.61. The largest absolute Gasteiger partial charge is 0.355 e. The van der Waals surface area contributed by atoms with Gasteiger partial charge in [0, 0.05) is 38.3 Å².